The molecule has 0 radical (unpaired) electrons. The molecule has 0 aliphatic heterocycles. The lowest BCUT2D eigenvalue weighted by Gasteiger charge is -2.27. The molecule has 42 heavy (non-hydrogen) atoms. The maximum absolute atomic E-state index is 15.2. The molecule has 222 valence electrons. The molecule has 2 atom stereocenters. The monoisotopic (exact) mass is 611 g/mol. The SMILES string of the molecule is CCc1cc(Oc2cccc(C(NC(CO)c3ccc(C(F)(F)F)cc3)c3cc(C(F)(F)F)ccc3F)c2)ccc1Cl. The first kappa shape index (κ1) is 31.3. The van der Waals surface area contributed by atoms with E-state index in [-0.39, 0.29) is 22.4 Å². The van der Waals surface area contributed by atoms with Crippen molar-refractivity contribution in [3.05, 3.63) is 129 Å². The summed E-state index contributed by atoms with van der Waals surface area (Å²) in [6, 6.07) is 14.8. The summed E-state index contributed by atoms with van der Waals surface area (Å²) in [7, 11) is 0. The Hall–Kier alpha value is -3.60. The molecule has 2 N–H and O–H groups in total. The van der Waals surface area contributed by atoms with Crippen LogP contribution in [0.5, 0.6) is 11.5 Å². The molecule has 0 saturated carbocycles. The molecule has 0 aliphatic rings. The number of aryl methyl sites for hydroxylation is 1. The molecule has 4 rings (SSSR count). The van der Waals surface area contributed by atoms with Crippen LogP contribution in [0.25, 0.3) is 0 Å². The Bertz CT molecular complexity index is 1520. The van der Waals surface area contributed by atoms with Gasteiger partial charge in [0.15, 0.2) is 0 Å². The van der Waals surface area contributed by atoms with Gasteiger partial charge >= 0.3 is 12.4 Å². The third-order valence-corrected chi connectivity index (χ3v) is 7.02. The number of rotatable bonds is 9. The van der Waals surface area contributed by atoms with Gasteiger partial charge in [0.2, 0.25) is 0 Å². The van der Waals surface area contributed by atoms with Crippen LogP contribution in [0.4, 0.5) is 30.7 Å². The zero-order valence-electron chi connectivity index (χ0n) is 22.0. The number of alkyl halides is 6. The largest absolute Gasteiger partial charge is 0.457 e. The van der Waals surface area contributed by atoms with Crippen LogP contribution in [0.2, 0.25) is 5.02 Å². The Morgan fingerprint density at radius 3 is 2.05 bits per heavy atom. The smallest absolute Gasteiger partial charge is 0.416 e. The number of benzene rings is 4. The lowest BCUT2D eigenvalue weighted by Crippen LogP contribution is -2.30. The second-order valence-electron chi connectivity index (χ2n) is 9.47. The van der Waals surface area contributed by atoms with Crippen LogP contribution >= 0.6 is 11.6 Å². The number of ether oxygens (including phenoxy) is 1. The Kier molecular flexibility index (Phi) is 9.50. The zero-order valence-corrected chi connectivity index (χ0v) is 22.8. The van der Waals surface area contributed by atoms with E-state index < -0.39 is 48.0 Å². The highest BCUT2D eigenvalue weighted by atomic mass is 35.5. The van der Waals surface area contributed by atoms with Crippen LogP contribution in [0.15, 0.2) is 84.9 Å². The Balaban J connectivity index is 1.76. The van der Waals surface area contributed by atoms with Crippen LogP contribution in [-0.4, -0.2) is 11.7 Å². The molecule has 0 amide bonds. The predicted molar refractivity (Wildman–Crippen MR) is 145 cm³/mol. The van der Waals surface area contributed by atoms with Gasteiger partial charge in [-0.25, -0.2) is 4.39 Å². The molecule has 0 bridgehead atoms. The molecule has 0 heterocycles. The van der Waals surface area contributed by atoms with Gasteiger partial charge in [-0.3, -0.25) is 5.32 Å². The van der Waals surface area contributed by atoms with Crippen molar-refractivity contribution in [1.82, 2.24) is 5.32 Å². The first-order chi connectivity index (χ1) is 19.8. The van der Waals surface area contributed by atoms with Crippen molar-refractivity contribution in [3.63, 3.8) is 0 Å². The van der Waals surface area contributed by atoms with E-state index in [9.17, 15) is 31.4 Å². The van der Waals surface area contributed by atoms with Gasteiger partial charge in [-0.2, -0.15) is 26.3 Å². The highest BCUT2D eigenvalue weighted by Crippen LogP contribution is 2.37. The van der Waals surface area contributed by atoms with E-state index in [1.165, 1.54) is 12.1 Å². The molecular formula is C31H25ClF7NO2. The predicted octanol–water partition coefficient (Wildman–Crippen LogP) is 9.28. The third kappa shape index (κ3) is 7.42. The highest BCUT2D eigenvalue weighted by Gasteiger charge is 2.33. The topological polar surface area (TPSA) is 41.5 Å². The van der Waals surface area contributed by atoms with Gasteiger partial charge in [0.25, 0.3) is 0 Å². The van der Waals surface area contributed by atoms with Crippen LogP contribution in [0.3, 0.4) is 0 Å². The molecule has 0 aliphatic carbocycles. The quantitative estimate of drug-likeness (QED) is 0.185. The van der Waals surface area contributed by atoms with Crippen molar-refractivity contribution in [2.45, 2.75) is 37.8 Å². The fourth-order valence-electron chi connectivity index (χ4n) is 4.45. The van der Waals surface area contributed by atoms with E-state index in [0.29, 0.717) is 35.4 Å². The molecule has 0 saturated heterocycles. The molecule has 0 spiro atoms. The number of hydrogen-bond donors (Lipinski definition) is 2. The minimum atomic E-state index is -4.77. The summed E-state index contributed by atoms with van der Waals surface area (Å²) in [6.07, 6.45) is -8.72. The summed E-state index contributed by atoms with van der Waals surface area (Å²) in [6.45, 7) is 1.27. The molecule has 4 aromatic carbocycles. The molecule has 11 heteroatoms. The third-order valence-electron chi connectivity index (χ3n) is 6.65. The van der Waals surface area contributed by atoms with E-state index in [1.807, 2.05) is 6.92 Å². The number of aliphatic hydroxyl groups is 1. The Morgan fingerprint density at radius 2 is 1.43 bits per heavy atom. The average molecular weight is 612 g/mol. The maximum Gasteiger partial charge on any atom is 0.416 e. The summed E-state index contributed by atoms with van der Waals surface area (Å²) in [4.78, 5) is 0. The molecule has 0 aromatic heterocycles. The normalized spacial score (nSPS) is 13.6. The summed E-state index contributed by atoms with van der Waals surface area (Å²) in [5.41, 5.74) is -1.07. The first-order valence-electron chi connectivity index (χ1n) is 12.8. The van der Waals surface area contributed by atoms with Gasteiger partial charge in [0.1, 0.15) is 17.3 Å². The van der Waals surface area contributed by atoms with Crippen LogP contribution < -0.4 is 10.1 Å². The van der Waals surface area contributed by atoms with E-state index in [4.69, 9.17) is 16.3 Å². The highest BCUT2D eigenvalue weighted by molar-refractivity contribution is 6.31. The Labute approximate surface area is 242 Å². The van der Waals surface area contributed by atoms with Crippen LogP contribution in [0, 0.1) is 5.82 Å². The van der Waals surface area contributed by atoms with Crippen molar-refractivity contribution in [3.8, 4) is 11.5 Å². The van der Waals surface area contributed by atoms with E-state index in [0.717, 1.165) is 29.8 Å². The molecule has 0 fully saturated rings. The number of nitrogens with one attached hydrogen (secondary N) is 1. The molecule has 2 unspecified atom stereocenters. The standard InChI is InChI=1S/C31H25ClF7NO2/c1-2-18-14-24(11-12-26(18)32)42-23-5-3-4-20(15-23)29(25-16-22(31(37,38)39)10-13-27(25)33)40-28(17-41)19-6-8-21(9-7-19)30(34,35)36/h3-16,28-29,40-41H,2,17H2,1H3. The van der Waals surface area contributed by atoms with Gasteiger partial charge < -0.3 is 9.84 Å². The number of hydrogen-bond acceptors (Lipinski definition) is 3. The average Bonchev–Trinajstić information content (AvgIpc) is 2.94. The van der Waals surface area contributed by atoms with Gasteiger partial charge in [-0.15, -0.1) is 0 Å². The summed E-state index contributed by atoms with van der Waals surface area (Å²) in [5.74, 6) is -0.228. The van der Waals surface area contributed by atoms with Gasteiger partial charge in [0.05, 0.1) is 29.8 Å². The lowest BCUT2D eigenvalue weighted by molar-refractivity contribution is -0.138. The second kappa shape index (κ2) is 12.7. The van der Waals surface area contributed by atoms with Crippen molar-refractivity contribution >= 4 is 11.6 Å². The van der Waals surface area contributed by atoms with Crippen molar-refractivity contribution in [1.29, 1.82) is 0 Å². The maximum atomic E-state index is 15.2. The molecule has 4 aromatic rings. The van der Waals surface area contributed by atoms with E-state index in [2.05, 4.69) is 5.32 Å². The molecule has 3 nitrogen and oxygen atoms in total. The minimum Gasteiger partial charge on any atom is -0.457 e. The Morgan fingerprint density at radius 1 is 0.786 bits per heavy atom. The van der Waals surface area contributed by atoms with E-state index >= 15 is 4.39 Å². The van der Waals surface area contributed by atoms with Crippen LogP contribution in [-0.2, 0) is 18.8 Å². The summed E-state index contributed by atoms with van der Waals surface area (Å²) in [5, 5.41) is 13.6. The molecular weight excluding hydrogens is 587 g/mol. The van der Waals surface area contributed by atoms with Gasteiger partial charge in [-0.1, -0.05) is 42.8 Å². The number of halogens is 8. The summed E-state index contributed by atoms with van der Waals surface area (Å²) >= 11 is 6.18. The van der Waals surface area contributed by atoms with Gasteiger partial charge in [-0.05, 0) is 83.8 Å². The zero-order chi connectivity index (χ0) is 30.7. The number of aliphatic hydroxyl groups excluding tert-OH is 1. The fraction of sp³-hybridized carbons (Fsp3) is 0.226. The van der Waals surface area contributed by atoms with Gasteiger partial charge in [0, 0.05) is 10.6 Å². The van der Waals surface area contributed by atoms with E-state index in [1.54, 1.807) is 30.3 Å². The lowest BCUT2D eigenvalue weighted by atomic mass is 9.94. The first-order valence-corrected chi connectivity index (χ1v) is 13.1. The van der Waals surface area contributed by atoms with Crippen molar-refractivity contribution < 1.29 is 40.6 Å². The minimum absolute atomic E-state index is 0.212. The van der Waals surface area contributed by atoms with Crippen molar-refractivity contribution in [2.75, 3.05) is 6.61 Å². The fourth-order valence-corrected chi connectivity index (χ4v) is 4.70. The van der Waals surface area contributed by atoms with Crippen molar-refractivity contribution in [2.24, 2.45) is 0 Å². The summed E-state index contributed by atoms with van der Waals surface area (Å²) < 4.78 is 101. The van der Waals surface area contributed by atoms with Crippen LogP contribution in [0.1, 0.15) is 52.4 Å². The second-order valence-corrected chi connectivity index (χ2v) is 9.88.